The van der Waals surface area contributed by atoms with Crippen molar-refractivity contribution in [2.45, 2.75) is 20.8 Å². The lowest BCUT2D eigenvalue weighted by molar-refractivity contribution is -0.356. The van der Waals surface area contributed by atoms with Gasteiger partial charge in [-0.15, -0.1) is 0 Å². The standard InChI is InChI=1S/C8H17O5P/c1-4-11-8(9)7-14(10,12-5-2)13-6-3/h7,9H,4-6H2,1-3H3/p-1. The molecule has 0 aromatic heterocycles. The van der Waals surface area contributed by atoms with Crippen molar-refractivity contribution < 1.29 is 23.5 Å². The van der Waals surface area contributed by atoms with E-state index in [0.717, 1.165) is 5.82 Å². The normalized spacial score (nSPS) is 12.9. The molecule has 0 saturated heterocycles. The van der Waals surface area contributed by atoms with E-state index < -0.39 is 13.5 Å². The summed E-state index contributed by atoms with van der Waals surface area (Å²) in [7, 11) is -3.40. The Labute approximate surface area is 84.2 Å². The maximum Gasteiger partial charge on any atom is 0.355 e. The second kappa shape index (κ2) is 6.87. The molecule has 84 valence electrons. The third-order valence-electron chi connectivity index (χ3n) is 1.17. The monoisotopic (exact) mass is 223 g/mol. The molecule has 6 heteroatoms. The van der Waals surface area contributed by atoms with Gasteiger partial charge < -0.3 is 18.9 Å². The van der Waals surface area contributed by atoms with Crippen LogP contribution in [0.3, 0.4) is 0 Å². The quantitative estimate of drug-likeness (QED) is 0.482. The number of ether oxygens (including phenoxy) is 1. The van der Waals surface area contributed by atoms with Crippen LogP contribution in [0, 0.1) is 0 Å². The Kier molecular flexibility index (Phi) is 6.62. The van der Waals surface area contributed by atoms with Crippen LogP contribution in [0.5, 0.6) is 0 Å². The molecule has 0 radical (unpaired) electrons. The Morgan fingerprint density at radius 3 is 2.07 bits per heavy atom. The van der Waals surface area contributed by atoms with E-state index in [0.29, 0.717) is 0 Å². The maximum absolute atomic E-state index is 11.7. The third-order valence-corrected chi connectivity index (χ3v) is 2.93. The van der Waals surface area contributed by atoms with Crippen LogP contribution in [-0.4, -0.2) is 19.8 Å². The molecule has 0 amide bonds. The molecule has 0 fully saturated rings. The van der Waals surface area contributed by atoms with E-state index in [-0.39, 0.29) is 19.8 Å². The molecule has 0 unspecified atom stereocenters. The molecule has 0 spiro atoms. The fourth-order valence-corrected chi connectivity index (χ4v) is 2.06. The Morgan fingerprint density at radius 2 is 1.71 bits per heavy atom. The zero-order valence-electron chi connectivity index (χ0n) is 8.69. The molecule has 0 heterocycles. The first-order valence-electron chi connectivity index (χ1n) is 4.49. The summed E-state index contributed by atoms with van der Waals surface area (Å²) in [5.74, 6) is 0.182. The molecule has 0 aliphatic rings. The van der Waals surface area contributed by atoms with Crippen molar-refractivity contribution in [2.24, 2.45) is 0 Å². The second-order valence-corrected chi connectivity index (χ2v) is 4.11. The molecule has 0 bridgehead atoms. The SMILES string of the molecule is CCOC([O-])=CP(=O)(OCC)OCC. The van der Waals surface area contributed by atoms with Gasteiger partial charge in [0, 0.05) is 5.82 Å². The molecule has 0 aliphatic heterocycles. The summed E-state index contributed by atoms with van der Waals surface area (Å²) in [5, 5.41) is 11.0. The summed E-state index contributed by atoms with van der Waals surface area (Å²) in [6.07, 6.45) is 0. The van der Waals surface area contributed by atoms with E-state index in [9.17, 15) is 9.67 Å². The minimum Gasteiger partial charge on any atom is -0.613 e. The van der Waals surface area contributed by atoms with Crippen molar-refractivity contribution in [1.82, 2.24) is 0 Å². The van der Waals surface area contributed by atoms with E-state index in [2.05, 4.69) is 4.74 Å². The van der Waals surface area contributed by atoms with Crippen molar-refractivity contribution in [1.29, 1.82) is 0 Å². The fraction of sp³-hybridized carbons (Fsp3) is 0.750. The highest BCUT2D eigenvalue weighted by atomic mass is 31.2. The Morgan fingerprint density at radius 1 is 1.21 bits per heavy atom. The van der Waals surface area contributed by atoms with Crippen molar-refractivity contribution in [3.63, 3.8) is 0 Å². The second-order valence-electron chi connectivity index (χ2n) is 2.26. The van der Waals surface area contributed by atoms with Crippen LogP contribution in [0.2, 0.25) is 0 Å². The van der Waals surface area contributed by atoms with Gasteiger partial charge in [-0.3, -0.25) is 4.57 Å². The first-order chi connectivity index (χ1) is 6.58. The van der Waals surface area contributed by atoms with Gasteiger partial charge in [0.2, 0.25) is 0 Å². The van der Waals surface area contributed by atoms with Crippen LogP contribution in [0.25, 0.3) is 0 Å². The van der Waals surface area contributed by atoms with Crippen molar-refractivity contribution in [3.8, 4) is 0 Å². The minimum atomic E-state index is -3.40. The van der Waals surface area contributed by atoms with E-state index in [1.165, 1.54) is 0 Å². The molecule has 0 aromatic carbocycles. The molecule has 14 heavy (non-hydrogen) atoms. The Balaban J connectivity index is 4.48. The zero-order valence-corrected chi connectivity index (χ0v) is 9.58. The highest BCUT2D eigenvalue weighted by Crippen LogP contribution is 2.50. The van der Waals surface area contributed by atoms with Crippen LogP contribution in [0.4, 0.5) is 0 Å². The molecule has 0 saturated carbocycles. The van der Waals surface area contributed by atoms with Crippen molar-refractivity contribution in [2.75, 3.05) is 19.8 Å². The van der Waals surface area contributed by atoms with Crippen molar-refractivity contribution in [3.05, 3.63) is 11.8 Å². The van der Waals surface area contributed by atoms with E-state index in [4.69, 9.17) is 9.05 Å². The predicted molar refractivity (Wildman–Crippen MR) is 50.6 cm³/mol. The molecule has 0 aromatic rings. The lowest BCUT2D eigenvalue weighted by Gasteiger charge is -2.17. The lowest BCUT2D eigenvalue weighted by atomic mass is 10.8. The molecule has 0 aliphatic carbocycles. The molecule has 5 nitrogen and oxygen atoms in total. The summed E-state index contributed by atoms with van der Waals surface area (Å²) in [5.41, 5.74) is 0. The molecule has 0 rings (SSSR count). The topological polar surface area (TPSA) is 67.8 Å². The van der Waals surface area contributed by atoms with Gasteiger partial charge in [0.25, 0.3) is 0 Å². The summed E-state index contributed by atoms with van der Waals surface area (Å²) in [6.45, 7) is 5.67. The predicted octanol–water partition coefficient (Wildman–Crippen LogP) is 1.45. The molecular formula is C8H16O5P-. The minimum absolute atomic E-state index is 0.215. The van der Waals surface area contributed by atoms with Gasteiger partial charge in [0.1, 0.15) is 0 Å². The summed E-state index contributed by atoms with van der Waals surface area (Å²) in [4.78, 5) is 0. The van der Waals surface area contributed by atoms with Crippen LogP contribution >= 0.6 is 7.60 Å². The average Bonchev–Trinajstić information content (AvgIpc) is 2.04. The number of hydrogen-bond acceptors (Lipinski definition) is 5. The third kappa shape index (κ3) is 5.27. The molecule has 0 atom stereocenters. The highest BCUT2D eigenvalue weighted by Gasteiger charge is 2.19. The number of hydrogen-bond donors (Lipinski definition) is 0. The smallest absolute Gasteiger partial charge is 0.355 e. The number of rotatable bonds is 7. The summed E-state index contributed by atoms with van der Waals surface area (Å²) in [6, 6.07) is 0. The van der Waals surface area contributed by atoms with Gasteiger partial charge >= 0.3 is 7.60 Å². The van der Waals surface area contributed by atoms with Gasteiger partial charge in [-0.1, -0.05) is 6.92 Å². The molecular weight excluding hydrogens is 207 g/mol. The Hall–Kier alpha value is -0.510. The lowest BCUT2D eigenvalue weighted by Crippen LogP contribution is -2.08. The first kappa shape index (κ1) is 13.5. The van der Waals surface area contributed by atoms with Crippen LogP contribution in [0.1, 0.15) is 20.8 Å². The van der Waals surface area contributed by atoms with Gasteiger partial charge in [0.15, 0.2) is 0 Å². The molecule has 0 N–H and O–H groups in total. The van der Waals surface area contributed by atoms with Crippen molar-refractivity contribution >= 4 is 7.60 Å². The fourth-order valence-electron chi connectivity index (χ4n) is 0.780. The van der Waals surface area contributed by atoms with Gasteiger partial charge in [-0.05, 0) is 20.5 Å². The summed E-state index contributed by atoms with van der Waals surface area (Å²) < 4.78 is 26.0. The van der Waals surface area contributed by atoms with Crippen LogP contribution in [-0.2, 0) is 18.3 Å². The summed E-state index contributed by atoms with van der Waals surface area (Å²) >= 11 is 0. The first-order valence-corrected chi connectivity index (χ1v) is 6.10. The van der Waals surface area contributed by atoms with Gasteiger partial charge in [0.05, 0.1) is 19.2 Å². The highest BCUT2D eigenvalue weighted by molar-refractivity contribution is 7.57. The van der Waals surface area contributed by atoms with Crippen LogP contribution in [0.15, 0.2) is 11.8 Å². The van der Waals surface area contributed by atoms with E-state index in [1.807, 2.05) is 0 Å². The van der Waals surface area contributed by atoms with E-state index >= 15 is 0 Å². The average molecular weight is 223 g/mol. The zero-order chi connectivity index (χ0) is 11.0. The van der Waals surface area contributed by atoms with Gasteiger partial charge in [-0.25, -0.2) is 0 Å². The van der Waals surface area contributed by atoms with Gasteiger partial charge in [-0.2, -0.15) is 0 Å². The van der Waals surface area contributed by atoms with Crippen LogP contribution < -0.4 is 5.11 Å². The maximum atomic E-state index is 11.7. The Bertz CT molecular complexity index is 216. The van der Waals surface area contributed by atoms with E-state index in [1.54, 1.807) is 20.8 Å². The largest absolute Gasteiger partial charge is 0.613 e.